The molecule has 0 aliphatic rings. The monoisotopic (exact) mass is 306 g/mol. The Labute approximate surface area is 124 Å². The Morgan fingerprint density at radius 2 is 1.86 bits per heavy atom. The summed E-state index contributed by atoms with van der Waals surface area (Å²) in [5.74, 6) is 0.838. The van der Waals surface area contributed by atoms with Gasteiger partial charge in [-0.3, -0.25) is 0 Å². The largest absolute Gasteiger partial charge is 0.497 e. The lowest BCUT2D eigenvalue weighted by Gasteiger charge is -2.08. The number of ether oxygens (including phenoxy) is 1. The number of methoxy groups -OCH3 is 1. The van der Waals surface area contributed by atoms with Gasteiger partial charge < -0.3 is 10.1 Å². The average Bonchev–Trinajstić information content (AvgIpc) is 2.47. The fourth-order valence-electron chi connectivity index (χ4n) is 1.94. The molecule has 3 N–H and O–H groups in total. The van der Waals surface area contributed by atoms with Gasteiger partial charge >= 0.3 is 0 Å². The highest BCUT2D eigenvalue weighted by molar-refractivity contribution is 7.89. The van der Waals surface area contributed by atoms with Crippen molar-refractivity contribution in [2.75, 3.05) is 19.0 Å². The molecule has 0 fully saturated rings. The van der Waals surface area contributed by atoms with Crippen LogP contribution in [0.1, 0.15) is 5.56 Å². The predicted molar refractivity (Wildman–Crippen MR) is 83.0 cm³/mol. The highest BCUT2D eigenvalue weighted by atomic mass is 32.2. The second kappa shape index (κ2) is 6.60. The van der Waals surface area contributed by atoms with E-state index in [4.69, 9.17) is 9.88 Å². The summed E-state index contributed by atoms with van der Waals surface area (Å²) in [6, 6.07) is 14.3. The van der Waals surface area contributed by atoms with Crippen molar-refractivity contribution in [1.82, 2.24) is 0 Å². The standard InChI is InChI=1S/C15H18N2O3S/c1-20-14-4-2-3-12(11-14)9-10-17-13-5-7-15(8-6-13)21(16,18)19/h2-8,11,17H,9-10H2,1H3,(H2,16,18,19). The summed E-state index contributed by atoms with van der Waals surface area (Å²) < 4.78 is 27.5. The van der Waals surface area contributed by atoms with Gasteiger partial charge in [0.1, 0.15) is 5.75 Å². The fourth-order valence-corrected chi connectivity index (χ4v) is 2.46. The average molecular weight is 306 g/mol. The molecule has 0 amide bonds. The molecule has 0 saturated carbocycles. The number of hydrogen-bond donors (Lipinski definition) is 2. The molecule has 0 aliphatic carbocycles. The van der Waals surface area contributed by atoms with Crippen molar-refractivity contribution in [2.24, 2.45) is 5.14 Å². The van der Waals surface area contributed by atoms with Gasteiger partial charge in [-0.1, -0.05) is 12.1 Å². The number of hydrogen-bond acceptors (Lipinski definition) is 4. The normalized spacial score (nSPS) is 11.1. The van der Waals surface area contributed by atoms with Gasteiger partial charge in [0.25, 0.3) is 0 Å². The molecule has 112 valence electrons. The van der Waals surface area contributed by atoms with Gasteiger partial charge in [-0.05, 0) is 48.4 Å². The molecule has 0 atom stereocenters. The molecule has 2 rings (SSSR count). The maximum atomic E-state index is 11.1. The number of nitrogens with two attached hydrogens (primary N) is 1. The third-order valence-electron chi connectivity index (χ3n) is 3.06. The van der Waals surface area contributed by atoms with Gasteiger partial charge in [0, 0.05) is 12.2 Å². The Morgan fingerprint density at radius 1 is 1.14 bits per heavy atom. The zero-order chi connectivity index (χ0) is 15.3. The molecule has 0 aliphatic heterocycles. The molecule has 2 aromatic carbocycles. The van der Waals surface area contributed by atoms with Crippen LogP contribution in [0.5, 0.6) is 5.75 Å². The van der Waals surface area contributed by atoms with Crippen molar-refractivity contribution in [3.05, 3.63) is 54.1 Å². The van der Waals surface area contributed by atoms with Gasteiger partial charge in [0.15, 0.2) is 0 Å². The maximum absolute atomic E-state index is 11.1. The zero-order valence-electron chi connectivity index (χ0n) is 11.7. The van der Waals surface area contributed by atoms with E-state index in [1.165, 1.54) is 17.7 Å². The molecule has 5 nitrogen and oxygen atoms in total. The van der Waals surface area contributed by atoms with E-state index in [0.717, 1.165) is 24.4 Å². The molecule has 0 saturated heterocycles. The zero-order valence-corrected chi connectivity index (χ0v) is 12.6. The molecule has 21 heavy (non-hydrogen) atoms. The van der Waals surface area contributed by atoms with Crippen molar-refractivity contribution >= 4 is 15.7 Å². The summed E-state index contributed by atoms with van der Waals surface area (Å²) in [6.45, 7) is 0.738. The number of primary sulfonamides is 1. The smallest absolute Gasteiger partial charge is 0.238 e. The molecule has 0 unspecified atom stereocenters. The van der Waals surface area contributed by atoms with E-state index < -0.39 is 10.0 Å². The predicted octanol–water partition coefficient (Wildman–Crippen LogP) is 2.00. The number of sulfonamides is 1. The van der Waals surface area contributed by atoms with E-state index in [0.29, 0.717) is 0 Å². The molecular formula is C15H18N2O3S. The molecule has 0 spiro atoms. The van der Waals surface area contributed by atoms with Gasteiger partial charge in [-0.25, -0.2) is 13.6 Å². The third kappa shape index (κ3) is 4.47. The number of benzene rings is 2. The van der Waals surface area contributed by atoms with Gasteiger partial charge in [0.05, 0.1) is 12.0 Å². The van der Waals surface area contributed by atoms with Crippen LogP contribution < -0.4 is 15.2 Å². The minimum absolute atomic E-state index is 0.112. The quantitative estimate of drug-likeness (QED) is 0.855. The second-order valence-corrected chi connectivity index (χ2v) is 6.16. The van der Waals surface area contributed by atoms with Gasteiger partial charge in [-0.2, -0.15) is 0 Å². The topological polar surface area (TPSA) is 81.4 Å². The summed E-state index contributed by atoms with van der Waals surface area (Å²) in [4.78, 5) is 0.112. The summed E-state index contributed by atoms with van der Waals surface area (Å²) in [7, 11) is -1.99. The number of nitrogens with one attached hydrogen (secondary N) is 1. The maximum Gasteiger partial charge on any atom is 0.238 e. The highest BCUT2D eigenvalue weighted by Gasteiger charge is 2.06. The van der Waals surface area contributed by atoms with E-state index in [9.17, 15) is 8.42 Å². The Hall–Kier alpha value is -2.05. The lowest BCUT2D eigenvalue weighted by atomic mass is 10.1. The Kier molecular flexibility index (Phi) is 4.82. The molecule has 0 aromatic heterocycles. The SMILES string of the molecule is COc1cccc(CCNc2ccc(S(N)(=O)=O)cc2)c1. The van der Waals surface area contributed by atoms with Crippen LogP contribution in [0.2, 0.25) is 0 Å². The lowest BCUT2D eigenvalue weighted by Crippen LogP contribution is -2.12. The molecule has 0 heterocycles. The van der Waals surface area contributed by atoms with Gasteiger partial charge in [-0.15, -0.1) is 0 Å². The van der Waals surface area contributed by atoms with E-state index in [2.05, 4.69) is 5.32 Å². The van der Waals surface area contributed by atoms with Crippen LogP contribution in [-0.4, -0.2) is 22.1 Å². The van der Waals surface area contributed by atoms with Crippen molar-refractivity contribution in [1.29, 1.82) is 0 Å². The van der Waals surface area contributed by atoms with Crippen LogP contribution in [0.3, 0.4) is 0 Å². The van der Waals surface area contributed by atoms with E-state index in [1.807, 2.05) is 24.3 Å². The third-order valence-corrected chi connectivity index (χ3v) is 3.99. The van der Waals surface area contributed by atoms with E-state index >= 15 is 0 Å². The van der Waals surface area contributed by atoms with Crippen LogP contribution in [0.4, 0.5) is 5.69 Å². The minimum Gasteiger partial charge on any atom is -0.497 e. The molecule has 0 radical (unpaired) electrons. The minimum atomic E-state index is -3.63. The first-order chi connectivity index (χ1) is 9.99. The van der Waals surface area contributed by atoms with Crippen molar-refractivity contribution in [3.8, 4) is 5.75 Å². The van der Waals surface area contributed by atoms with Crippen LogP contribution >= 0.6 is 0 Å². The Balaban J connectivity index is 1.91. The molecule has 2 aromatic rings. The van der Waals surface area contributed by atoms with Crippen LogP contribution in [0.15, 0.2) is 53.4 Å². The fraction of sp³-hybridized carbons (Fsp3) is 0.200. The van der Waals surface area contributed by atoms with Crippen LogP contribution in [-0.2, 0) is 16.4 Å². The summed E-state index contributed by atoms with van der Waals surface area (Å²) >= 11 is 0. The number of rotatable bonds is 6. The van der Waals surface area contributed by atoms with E-state index in [1.54, 1.807) is 19.2 Å². The van der Waals surface area contributed by atoms with Crippen molar-refractivity contribution in [3.63, 3.8) is 0 Å². The first kappa shape index (κ1) is 15.3. The van der Waals surface area contributed by atoms with E-state index in [-0.39, 0.29) is 4.90 Å². The highest BCUT2D eigenvalue weighted by Crippen LogP contribution is 2.15. The van der Waals surface area contributed by atoms with Crippen LogP contribution in [0.25, 0.3) is 0 Å². The summed E-state index contributed by atoms with van der Waals surface area (Å²) in [5, 5.41) is 8.28. The van der Waals surface area contributed by atoms with Gasteiger partial charge in [0.2, 0.25) is 10.0 Å². The summed E-state index contributed by atoms with van der Waals surface area (Å²) in [6.07, 6.45) is 0.841. The molecule has 6 heteroatoms. The molecular weight excluding hydrogens is 288 g/mol. The Bertz CT molecular complexity index is 697. The van der Waals surface area contributed by atoms with Crippen molar-refractivity contribution < 1.29 is 13.2 Å². The lowest BCUT2D eigenvalue weighted by molar-refractivity contribution is 0.414. The second-order valence-electron chi connectivity index (χ2n) is 4.60. The first-order valence-electron chi connectivity index (χ1n) is 6.49. The Morgan fingerprint density at radius 3 is 2.48 bits per heavy atom. The molecule has 0 bridgehead atoms. The number of anilines is 1. The summed E-state index contributed by atoms with van der Waals surface area (Å²) in [5.41, 5.74) is 2.02. The van der Waals surface area contributed by atoms with Crippen LogP contribution in [0, 0.1) is 0 Å². The van der Waals surface area contributed by atoms with Crippen molar-refractivity contribution in [2.45, 2.75) is 11.3 Å². The first-order valence-corrected chi connectivity index (χ1v) is 8.03.